The van der Waals surface area contributed by atoms with Gasteiger partial charge in [0.25, 0.3) is 5.91 Å². The molecular formula is C18H18N6O3. The van der Waals surface area contributed by atoms with Gasteiger partial charge in [-0.25, -0.2) is 4.68 Å². The van der Waals surface area contributed by atoms with E-state index in [0.29, 0.717) is 24.5 Å². The van der Waals surface area contributed by atoms with E-state index in [2.05, 4.69) is 20.8 Å². The van der Waals surface area contributed by atoms with E-state index < -0.39 is 0 Å². The number of rotatable bonds is 4. The van der Waals surface area contributed by atoms with Crippen molar-refractivity contribution < 1.29 is 14.0 Å². The maximum Gasteiger partial charge on any atom is 0.289 e. The standard InChI is InChI=1S/C18H18N6O3/c25-17(20-14-5-1-6-15(10-14)24-12-19-21-22-24)13-4-2-8-23(11-13)18(26)16-7-3-9-27-16/h1,3,5-7,9-10,12-13H,2,4,8,11H2,(H,20,25)/t13-/m0/s1. The number of likely N-dealkylation sites (tertiary alicyclic amines) is 1. The maximum absolute atomic E-state index is 12.7. The first kappa shape index (κ1) is 17.0. The molecule has 0 unspecified atom stereocenters. The van der Waals surface area contributed by atoms with Crippen LogP contribution in [0.1, 0.15) is 23.4 Å². The third-order valence-electron chi connectivity index (χ3n) is 4.54. The molecule has 0 radical (unpaired) electrons. The molecule has 2 aromatic heterocycles. The van der Waals surface area contributed by atoms with Crippen LogP contribution in [0.4, 0.5) is 5.69 Å². The van der Waals surface area contributed by atoms with Gasteiger partial charge >= 0.3 is 0 Å². The lowest BCUT2D eigenvalue weighted by Gasteiger charge is -2.31. The number of tetrazole rings is 1. The Hall–Kier alpha value is -3.49. The van der Waals surface area contributed by atoms with Crippen molar-refractivity contribution >= 4 is 17.5 Å². The molecule has 27 heavy (non-hydrogen) atoms. The molecule has 3 heterocycles. The first-order valence-corrected chi connectivity index (χ1v) is 8.68. The van der Waals surface area contributed by atoms with Crippen molar-refractivity contribution in [1.29, 1.82) is 0 Å². The number of carbonyl (C=O) groups excluding carboxylic acids is 2. The van der Waals surface area contributed by atoms with Crippen molar-refractivity contribution in [3.8, 4) is 5.69 Å². The summed E-state index contributed by atoms with van der Waals surface area (Å²) < 4.78 is 6.69. The largest absolute Gasteiger partial charge is 0.459 e. The number of aromatic nitrogens is 4. The van der Waals surface area contributed by atoms with Gasteiger partial charge in [-0.15, -0.1) is 5.10 Å². The number of nitrogens with zero attached hydrogens (tertiary/aromatic N) is 5. The van der Waals surface area contributed by atoms with E-state index in [4.69, 9.17) is 4.42 Å². The first-order chi connectivity index (χ1) is 13.2. The summed E-state index contributed by atoms with van der Waals surface area (Å²) in [6, 6.07) is 10.6. The highest BCUT2D eigenvalue weighted by Crippen LogP contribution is 2.21. The summed E-state index contributed by atoms with van der Waals surface area (Å²) in [5.74, 6) is -0.265. The summed E-state index contributed by atoms with van der Waals surface area (Å²) in [6.07, 6.45) is 4.47. The predicted molar refractivity (Wildman–Crippen MR) is 95.1 cm³/mol. The van der Waals surface area contributed by atoms with Crippen molar-refractivity contribution in [2.45, 2.75) is 12.8 Å². The summed E-state index contributed by atoms with van der Waals surface area (Å²) in [7, 11) is 0. The summed E-state index contributed by atoms with van der Waals surface area (Å²) in [6.45, 7) is 0.996. The Balaban J connectivity index is 1.42. The minimum absolute atomic E-state index is 0.110. The van der Waals surface area contributed by atoms with Gasteiger partial charge in [0.05, 0.1) is 17.9 Å². The molecule has 0 spiro atoms. The fraction of sp³-hybridized carbons (Fsp3) is 0.278. The lowest BCUT2D eigenvalue weighted by molar-refractivity contribution is -0.121. The average molecular weight is 366 g/mol. The second-order valence-corrected chi connectivity index (χ2v) is 6.36. The van der Waals surface area contributed by atoms with Crippen LogP contribution in [0.3, 0.4) is 0 Å². The first-order valence-electron chi connectivity index (χ1n) is 8.68. The van der Waals surface area contributed by atoms with Gasteiger partial charge < -0.3 is 14.6 Å². The highest BCUT2D eigenvalue weighted by Gasteiger charge is 2.29. The van der Waals surface area contributed by atoms with Gasteiger partial charge in [0.15, 0.2) is 5.76 Å². The molecule has 1 saturated heterocycles. The zero-order valence-electron chi connectivity index (χ0n) is 14.5. The molecule has 4 rings (SSSR count). The van der Waals surface area contributed by atoms with E-state index in [1.165, 1.54) is 17.3 Å². The molecule has 9 nitrogen and oxygen atoms in total. The Kier molecular flexibility index (Phi) is 4.65. The Labute approximate surface area is 155 Å². The number of nitrogens with one attached hydrogen (secondary N) is 1. The normalized spacial score (nSPS) is 16.9. The fourth-order valence-corrected chi connectivity index (χ4v) is 3.18. The molecule has 1 aliphatic heterocycles. The van der Waals surface area contributed by atoms with E-state index in [-0.39, 0.29) is 17.7 Å². The van der Waals surface area contributed by atoms with Crippen LogP contribution < -0.4 is 5.32 Å². The second kappa shape index (κ2) is 7.40. The third-order valence-corrected chi connectivity index (χ3v) is 4.54. The molecule has 138 valence electrons. The number of furan rings is 1. The van der Waals surface area contributed by atoms with Crippen LogP contribution in [0.25, 0.3) is 5.69 Å². The van der Waals surface area contributed by atoms with Gasteiger partial charge in [0, 0.05) is 18.8 Å². The van der Waals surface area contributed by atoms with Crippen molar-refractivity contribution in [2.24, 2.45) is 5.92 Å². The van der Waals surface area contributed by atoms with E-state index >= 15 is 0 Å². The zero-order valence-corrected chi connectivity index (χ0v) is 14.5. The van der Waals surface area contributed by atoms with Gasteiger partial charge in [-0.1, -0.05) is 6.07 Å². The van der Waals surface area contributed by atoms with Crippen molar-refractivity contribution in [2.75, 3.05) is 18.4 Å². The van der Waals surface area contributed by atoms with Crippen molar-refractivity contribution in [3.05, 3.63) is 54.7 Å². The van der Waals surface area contributed by atoms with Gasteiger partial charge in [-0.3, -0.25) is 9.59 Å². The molecule has 2 amide bonds. The molecule has 0 bridgehead atoms. The number of benzene rings is 1. The number of piperidine rings is 1. The predicted octanol–water partition coefficient (Wildman–Crippen LogP) is 1.75. The van der Waals surface area contributed by atoms with E-state index in [1.54, 1.807) is 29.2 Å². The van der Waals surface area contributed by atoms with Crippen LogP contribution in [-0.4, -0.2) is 50.0 Å². The molecule has 3 aromatic rings. The van der Waals surface area contributed by atoms with Gasteiger partial charge in [-0.2, -0.15) is 0 Å². The van der Waals surface area contributed by atoms with E-state index in [1.807, 2.05) is 12.1 Å². The Bertz CT molecular complexity index is 922. The lowest BCUT2D eigenvalue weighted by atomic mass is 9.96. The second-order valence-electron chi connectivity index (χ2n) is 6.36. The topological polar surface area (TPSA) is 106 Å². The molecule has 1 aromatic carbocycles. The Morgan fingerprint density at radius 1 is 1.22 bits per heavy atom. The minimum atomic E-state index is -0.269. The summed E-state index contributed by atoms with van der Waals surface area (Å²) in [4.78, 5) is 26.8. The number of carbonyl (C=O) groups is 2. The number of amides is 2. The number of hydrogen-bond donors (Lipinski definition) is 1. The number of hydrogen-bond acceptors (Lipinski definition) is 6. The highest BCUT2D eigenvalue weighted by molar-refractivity contribution is 5.95. The highest BCUT2D eigenvalue weighted by atomic mass is 16.3. The lowest BCUT2D eigenvalue weighted by Crippen LogP contribution is -2.43. The fourth-order valence-electron chi connectivity index (χ4n) is 3.18. The van der Waals surface area contributed by atoms with Gasteiger partial charge in [0.2, 0.25) is 5.91 Å². The third kappa shape index (κ3) is 3.71. The van der Waals surface area contributed by atoms with Crippen LogP contribution in [0.5, 0.6) is 0 Å². The van der Waals surface area contributed by atoms with E-state index in [9.17, 15) is 9.59 Å². The molecule has 0 saturated carbocycles. The monoisotopic (exact) mass is 366 g/mol. The molecule has 0 aliphatic carbocycles. The van der Waals surface area contributed by atoms with Crippen LogP contribution in [0, 0.1) is 5.92 Å². The van der Waals surface area contributed by atoms with Crippen molar-refractivity contribution in [1.82, 2.24) is 25.1 Å². The smallest absolute Gasteiger partial charge is 0.289 e. The van der Waals surface area contributed by atoms with Gasteiger partial charge in [0.1, 0.15) is 6.33 Å². The summed E-state index contributed by atoms with van der Waals surface area (Å²) in [5.41, 5.74) is 1.40. The van der Waals surface area contributed by atoms with Crippen LogP contribution in [-0.2, 0) is 4.79 Å². The average Bonchev–Trinajstić information content (AvgIpc) is 3.42. The van der Waals surface area contributed by atoms with Crippen LogP contribution >= 0.6 is 0 Å². The Morgan fingerprint density at radius 3 is 2.93 bits per heavy atom. The quantitative estimate of drug-likeness (QED) is 0.754. The minimum Gasteiger partial charge on any atom is -0.459 e. The summed E-state index contributed by atoms with van der Waals surface area (Å²) >= 11 is 0. The Morgan fingerprint density at radius 2 is 2.15 bits per heavy atom. The van der Waals surface area contributed by atoms with Crippen LogP contribution in [0.2, 0.25) is 0 Å². The summed E-state index contributed by atoms with van der Waals surface area (Å²) in [5, 5.41) is 14.0. The molecule has 1 fully saturated rings. The number of anilines is 1. The molecule has 9 heteroatoms. The SMILES string of the molecule is O=C(Nc1cccc(-n2cnnn2)c1)[C@H]1CCCN(C(=O)c2ccco2)C1. The molecule has 1 aliphatic rings. The molecular weight excluding hydrogens is 348 g/mol. The molecule has 1 atom stereocenters. The maximum atomic E-state index is 12.7. The molecule has 1 N–H and O–H groups in total. The van der Waals surface area contributed by atoms with Gasteiger partial charge in [-0.05, 0) is 53.6 Å². The zero-order chi connectivity index (χ0) is 18.6. The van der Waals surface area contributed by atoms with Crippen molar-refractivity contribution in [3.63, 3.8) is 0 Å². The van der Waals surface area contributed by atoms with E-state index in [0.717, 1.165) is 18.5 Å². The van der Waals surface area contributed by atoms with Crippen LogP contribution in [0.15, 0.2) is 53.4 Å².